The van der Waals surface area contributed by atoms with Crippen LogP contribution in [0.2, 0.25) is 0 Å². The molecule has 0 saturated heterocycles. The molecule has 0 aromatic rings. The molecule has 0 fully saturated rings. The lowest BCUT2D eigenvalue weighted by molar-refractivity contribution is -0.0971. The third kappa shape index (κ3) is 6.17. The van der Waals surface area contributed by atoms with E-state index in [1.165, 1.54) is 0 Å². The first-order valence-electron chi connectivity index (χ1n) is 4.13. The zero-order valence-electron chi connectivity index (χ0n) is 7.83. The molecular formula is C9H16O3. The van der Waals surface area contributed by atoms with Crippen molar-refractivity contribution in [3.63, 3.8) is 0 Å². The van der Waals surface area contributed by atoms with Crippen LogP contribution in [0.1, 0.15) is 20.8 Å². The fourth-order valence-corrected chi connectivity index (χ4v) is 0.623. The minimum atomic E-state index is -0.631. The molecule has 0 bridgehead atoms. The van der Waals surface area contributed by atoms with E-state index >= 15 is 0 Å². The summed E-state index contributed by atoms with van der Waals surface area (Å²) >= 11 is 0. The van der Waals surface area contributed by atoms with E-state index in [9.17, 15) is 0 Å². The minimum Gasteiger partial charge on any atom is -0.381 e. The molecule has 0 spiro atoms. The smallest absolute Gasteiger partial charge is 0.222 e. The molecule has 0 aliphatic heterocycles. The summed E-state index contributed by atoms with van der Waals surface area (Å²) in [5.74, 6) is 5.25. The van der Waals surface area contributed by atoms with Gasteiger partial charge in [0.15, 0.2) is 0 Å². The minimum absolute atomic E-state index is 0.505. The number of aliphatic hydroxyl groups excluding tert-OH is 1. The average Bonchev–Trinajstić information content (AvgIpc) is 2.01. The number of hydrogen-bond donors (Lipinski definition) is 1. The predicted molar refractivity (Wildman–Crippen MR) is 46.5 cm³/mol. The van der Waals surface area contributed by atoms with Crippen LogP contribution >= 0.6 is 0 Å². The van der Waals surface area contributed by atoms with Crippen LogP contribution in [0.4, 0.5) is 0 Å². The second-order valence-corrected chi connectivity index (χ2v) is 2.21. The molecule has 0 aliphatic carbocycles. The van der Waals surface area contributed by atoms with Gasteiger partial charge in [-0.25, -0.2) is 0 Å². The maximum Gasteiger partial charge on any atom is 0.222 e. The number of ether oxygens (including phenoxy) is 2. The first kappa shape index (κ1) is 11.4. The zero-order valence-corrected chi connectivity index (χ0v) is 7.83. The molecule has 0 aromatic carbocycles. The van der Waals surface area contributed by atoms with Crippen LogP contribution in [0, 0.1) is 11.8 Å². The van der Waals surface area contributed by atoms with E-state index in [0.29, 0.717) is 13.2 Å². The van der Waals surface area contributed by atoms with E-state index in [4.69, 9.17) is 14.6 Å². The molecule has 3 heteroatoms. The van der Waals surface area contributed by atoms with Crippen LogP contribution in [0.3, 0.4) is 0 Å². The summed E-state index contributed by atoms with van der Waals surface area (Å²) < 4.78 is 10.3. The standard InChI is InChI=1S/C9H16O3/c1-4-11-9(12-5-2)7-6-8(3)10/h8-10H,4-5H2,1-3H3/t8-/m1/s1. The molecule has 0 aromatic heterocycles. The highest BCUT2D eigenvalue weighted by molar-refractivity contribution is 5.05. The summed E-state index contributed by atoms with van der Waals surface area (Å²) in [6, 6.07) is 0. The highest BCUT2D eigenvalue weighted by Gasteiger charge is 2.01. The van der Waals surface area contributed by atoms with Crippen LogP contribution in [0.25, 0.3) is 0 Å². The number of aliphatic hydroxyl groups is 1. The normalized spacial score (nSPS) is 12.4. The first-order chi connectivity index (χ1) is 5.70. The van der Waals surface area contributed by atoms with Crippen molar-refractivity contribution in [2.45, 2.75) is 33.2 Å². The van der Waals surface area contributed by atoms with Crippen molar-refractivity contribution >= 4 is 0 Å². The van der Waals surface area contributed by atoms with Gasteiger partial charge in [0.1, 0.15) is 6.10 Å². The van der Waals surface area contributed by atoms with Gasteiger partial charge in [0.05, 0.1) is 0 Å². The Kier molecular flexibility index (Phi) is 6.78. The Morgan fingerprint density at radius 1 is 1.17 bits per heavy atom. The Bertz CT molecular complexity index is 149. The van der Waals surface area contributed by atoms with Crippen LogP contribution in [0.5, 0.6) is 0 Å². The van der Waals surface area contributed by atoms with Crippen molar-refractivity contribution in [2.24, 2.45) is 0 Å². The second-order valence-electron chi connectivity index (χ2n) is 2.21. The number of hydrogen-bond acceptors (Lipinski definition) is 3. The average molecular weight is 172 g/mol. The third-order valence-corrected chi connectivity index (χ3v) is 1.05. The Hall–Kier alpha value is -0.560. The predicted octanol–water partition coefficient (Wildman–Crippen LogP) is 0.770. The molecule has 0 radical (unpaired) electrons. The monoisotopic (exact) mass is 172 g/mol. The molecule has 1 atom stereocenters. The molecule has 12 heavy (non-hydrogen) atoms. The molecule has 1 N–H and O–H groups in total. The van der Waals surface area contributed by atoms with Crippen molar-refractivity contribution in [2.75, 3.05) is 13.2 Å². The molecule has 70 valence electrons. The van der Waals surface area contributed by atoms with E-state index in [1.807, 2.05) is 13.8 Å². The van der Waals surface area contributed by atoms with E-state index in [0.717, 1.165) is 0 Å². The summed E-state index contributed by atoms with van der Waals surface area (Å²) in [4.78, 5) is 0. The van der Waals surface area contributed by atoms with Gasteiger partial charge in [-0.2, -0.15) is 0 Å². The molecule has 0 rings (SSSR count). The Morgan fingerprint density at radius 2 is 1.67 bits per heavy atom. The van der Waals surface area contributed by atoms with Gasteiger partial charge in [0.25, 0.3) is 0 Å². The van der Waals surface area contributed by atoms with Crippen molar-refractivity contribution in [1.29, 1.82) is 0 Å². The topological polar surface area (TPSA) is 38.7 Å². The van der Waals surface area contributed by atoms with Crippen molar-refractivity contribution in [3.05, 3.63) is 0 Å². The van der Waals surface area contributed by atoms with Crippen molar-refractivity contribution < 1.29 is 14.6 Å². The van der Waals surface area contributed by atoms with Crippen LogP contribution < -0.4 is 0 Å². The highest BCUT2D eigenvalue weighted by Crippen LogP contribution is 1.92. The molecule has 0 amide bonds. The SMILES string of the molecule is CCOC(C#C[C@@H](C)O)OCC. The molecule has 0 unspecified atom stereocenters. The van der Waals surface area contributed by atoms with Gasteiger partial charge < -0.3 is 14.6 Å². The Labute approximate surface area is 73.7 Å². The maximum absolute atomic E-state index is 8.85. The van der Waals surface area contributed by atoms with Gasteiger partial charge in [-0.05, 0) is 26.7 Å². The first-order valence-corrected chi connectivity index (χ1v) is 4.13. The third-order valence-electron chi connectivity index (χ3n) is 1.05. The van der Waals surface area contributed by atoms with Gasteiger partial charge in [0.2, 0.25) is 6.29 Å². The lowest BCUT2D eigenvalue weighted by atomic mass is 10.4. The maximum atomic E-state index is 8.85. The van der Waals surface area contributed by atoms with E-state index in [1.54, 1.807) is 6.92 Å². The van der Waals surface area contributed by atoms with Crippen LogP contribution in [-0.2, 0) is 9.47 Å². The Balaban J connectivity index is 3.87. The largest absolute Gasteiger partial charge is 0.381 e. The molecule has 0 saturated carbocycles. The van der Waals surface area contributed by atoms with Crippen molar-refractivity contribution in [1.82, 2.24) is 0 Å². The van der Waals surface area contributed by atoms with Gasteiger partial charge in [0, 0.05) is 13.2 Å². The summed E-state index contributed by atoms with van der Waals surface area (Å²) in [5.41, 5.74) is 0. The zero-order chi connectivity index (χ0) is 9.40. The highest BCUT2D eigenvalue weighted by atomic mass is 16.7. The summed E-state index contributed by atoms with van der Waals surface area (Å²) in [6.45, 7) is 6.45. The molecular weight excluding hydrogens is 156 g/mol. The summed E-state index contributed by atoms with van der Waals surface area (Å²) in [5, 5.41) is 8.85. The van der Waals surface area contributed by atoms with Gasteiger partial charge >= 0.3 is 0 Å². The lowest BCUT2D eigenvalue weighted by Gasteiger charge is -2.09. The molecule has 0 heterocycles. The Morgan fingerprint density at radius 3 is 2.00 bits per heavy atom. The van der Waals surface area contributed by atoms with Gasteiger partial charge in [-0.15, -0.1) is 0 Å². The quantitative estimate of drug-likeness (QED) is 0.503. The molecule has 3 nitrogen and oxygen atoms in total. The van der Waals surface area contributed by atoms with Crippen molar-refractivity contribution in [3.8, 4) is 11.8 Å². The fourth-order valence-electron chi connectivity index (χ4n) is 0.623. The summed E-state index contributed by atoms with van der Waals surface area (Å²) in [7, 11) is 0. The van der Waals surface area contributed by atoms with E-state index in [-0.39, 0.29) is 0 Å². The molecule has 0 aliphatic rings. The number of rotatable bonds is 4. The van der Waals surface area contributed by atoms with Gasteiger partial charge in [-0.1, -0.05) is 5.92 Å². The van der Waals surface area contributed by atoms with Crippen LogP contribution in [0.15, 0.2) is 0 Å². The fraction of sp³-hybridized carbons (Fsp3) is 0.778. The van der Waals surface area contributed by atoms with Crippen LogP contribution in [-0.4, -0.2) is 30.7 Å². The second kappa shape index (κ2) is 7.11. The van der Waals surface area contributed by atoms with E-state index in [2.05, 4.69) is 11.8 Å². The summed E-state index contributed by atoms with van der Waals surface area (Å²) in [6.07, 6.45) is -1.14. The van der Waals surface area contributed by atoms with Gasteiger partial charge in [-0.3, -0.25) is 0 Å². The van der Waals surface area contributed by atoms with E-state index < -0.39 is 12.4 Å². The lowest BCUT2D eigenvalue weighted by Crippen LogP contribution is -2.15.